The summed E-state index contributed by atoms with van der Waals surface area (Å²) in [6, 6.07) is 5.67. The van der Waals surface area contributed by atoms with Gasteiger partial charge < -0.3 is 4.74 Å². The Morgan fingerprint density at radius 3 is 3.00 bits per heavy atom. The van der Waals surface area contributed by atoms with Crippen LogP contribution in [0.1, 0.15) is 5.56 Å². The molecule has 0 radical (unpaired) electrons. The van der Waals surface area contributed by atoms with Crippen molar-refractivity contribution in [2.45, 2.75) is 6.54 Å². The number of ether oxygens (including phenoxy) is 1. The molecule has 0 spiro atoms. The Bertz CT molecular complexity index is 628. The molecule has 0 aliphatic rings. The summed E-state index contributed by atoms with van der Waals surface area (Å²) < 4.78 is 8.29. The predicted octanol–water partition coefficient (Wildman–Crippen LogP) is 2.67. The lowest BCUT2D eigenvalue weighted by molar-refractivity contribution is 0.414. The number of hydrogen-bond donors (Lipinski definition) is 0. The lowest BCUT2D eigenvalue weighted by Gasteiger charge is -2.09. The highest BCUT2D eigenvalue weighted by Crippen LogP contribution is 2.22. The standard InChI is InChI=1S/C12H10BrIN2O2/c1-18-9-2-3-10(13)8(4-9)6-16-7-15-5-11(14)12(16)17/h2-5,7H,6H2,1H3. The number of halogens is 2. The van der Waals surface area contributed by atoms with Gasteiger partial charge in [-0.3, -0.25) is 9.36 Å². The minimum atomic E-state index is -0.0414. The molecule has 0 saturated carbocycles. The Balaban J connectivity index is 2.39. The smallest absolute Gasteiger partial charge is 0.267 e. The first-order valence-corrected chi connectivity index (χ1v) is 7.01. The summed E-state index contributed by atoms with van der Waals surface area (Å²) in [6.45, 7) is 0.459. The summed E-state index contributed by atoms with van der Waals surface area (Å²) in [6.07, 6.45) is 3.09. The van der Waals surface area contributed by atoms with Gasteiger partial charge in [-0.2, -0.15) is 0 Å². The van der Waals surface area contributed by atoms with Crippen molar-refractivity contribution >= 4 is 38.5 Å². The van der Waals surface area contributed by atoms with Crippen LogP contribution in [0.5, 0.6) is 5.75 Å². The fourth-order valence-corrected chi connectivity index (χ4v) is 2.36. The van der Waals surface area contributed by atoms with E-state index in [0.29, 0.717) is 10.1 Å². The van der Waals surface area contributed by atoms with Crippen molar-refractivity contribution in [1.82, 2.24) is 9.55 Å². The number of methoxy groups -OCH3 is 1. The molecule has 0 atom stereocenters. The van der Waals surface area contributed by atoms with Crippen molar-refractivity contribution in [3.63, 3.8) is 0 Å². The summed E-state index contributed by atoms with van der Waals surface area (Å²) in [5.41, 5.74) is 0.931. The van der Waals surface area contributed by atoms with Gasteiger partial charge in [0.05, 0.1) is 23.6 Å². The van der Waals surface area contributed by atoms with Gasteiger partial charge in [-0.1, -0.05) is 15.9 Å². The zero-order chi connectivity index (χ0) is 13.1. The van der Waals surface area contributed by atoms with Crippen molar-refractivity contribution in [2.75, 3.05) is 7.11 Å². The van der Waals surface area contributed by atoms with Crippen LogP contribution in [0.3, 0.4) is 0 Å². The molecule has 0 aliphatic heterocycles. The van der Waals surface area contributed by atoms with Gasteiger partial charge in [0.2, 0.25) is 0 Å². The normalized spacial score (nSPS) is 10.4. The van der Waals surface area contributed by atoms with Crippen molar-refractivity contribution in [3.05, 3.63) is 54.7 Å². The second-order valence-corrected chi connectivity index (χ2v) is 5.65. The maximum atomic E-state index is 11.9. The minimum Gasteiger partial charge on any atom is -0.497 e. The Morgan fingerprint density at radius 2 is 2.28 bits per heavy atom. The summed E-state index contributed by atoms with van der Waals surface area (Å²) in [5, 5.41) is 0. The molecule has 2 rings (SSSR count). The summed E-state index contributed by atoms with van der Waals surface area (Å²) in [5.74, 6) is 0.764. The first-order chi connectivity index (χ1) is 8.61. The van der Waals surface area contributed by atoms with Crippen LogP contribution in [0.2, 0.25) is 0 Å². The number of rotatable bonds is 3. The molecule has 0 bridgehead atoms. The molecule has 2 aromatic rings. The summed E-state index contributed by atoms with van der Waals surface area (Å²) >= 11 is 5.45. The van der Waals surface area contributed by atoms with Gasteiger partial charge >= 0.3 is 0 Å². The molecule has 6 heteroatoms. The van der Waals surface area contributed by atoms with E-state index in [-0.39, 0.29) is 5.56 Å². The van der Waals surface area contributed by atoms with E-state index < -0.39 is 0 Å². The molecule has 0 fully saturated rings. The van der Waals surface area contributed by atoms with Gasteiger partial charge in [0.15, 0.2) is 0 Å². The topological polar surface area (TPSA) is 44.1 Å². The van der Waals surface area contributed by atoms with E-state index in [1.54, 1.807) is 17.9 Å². The second-order valence-electron chi connectivity index (χ2n) is 3.63. The maximum absolute atomic E-state index is 11.9. The molecular formula is C12H10BrIN2O2. The van der Waals surface area contributed by atoms with Crippen molar-refractivity contribution < 1.29 is 4.74 Å². The fourth-order valence-electron chi connectivity index (χ4n) is 1.52. The molecule has 0 unspecified atom stereocenters. The van der Waals surface area contributed by atoms with E-state index in [0.717, 1.165) is 15.8 Å². The molecule has 1 heterocycles. The lowest BCUT2D eigenvalue weighted by Crippen LogP contribution is -2.23. The maximum Gasteiger partial charge on any atom is 0.267 e. The fraction of sp³-hybridized carbons (Fsp3) is 0.167. The molecular weight excluding hydrogens is 411 g/mol. The highest BCUT2D eigenvalue weighted by atomic mass is 127. The van der Waals surface area contributed by atoms with Gasteiger partial charge in [0.1, 0.15) is 5.75 Å². The van der Waals surface area contributed by atoms with Crippen LogP contribution < -0.4 is 10.3 Å². The molecule has 18 heavy (non-hydrogen) atoms. The zero-order valence-corrected chi connectivity index (χ0v) is 13.3. The third kappa shape index (κ3) is 2.92. The highest BCUT2D eigenvalue weighted by molar-refractivity contribution is 14.1. The Morgan fingerprint density at radius 1 is 1.50 bits per heavy atom. The lowest BCUT2D eigenvalue weighted by atomic mass is 10.2. The van der Waals surface area contributed by atoms with Crippen LogP contribution in [-0.4, -0.2) is 16.7 Å². The average molecular weight is 421 g/mol. The Labute approximate surface area is 126 Å². The van der Waals surface area contributed by atoms with Crippen molar-refractivity contribution in [1.29, 1.82) is 0 Å². The van der Waals surface area contributed by atoms with Crippen LogP contribution in [0, 0.1) is 3.57 Å². The largest absolute Gasteiger partial charge is 0.497 e. The van der Waals surface area contributed by atoms with E-state index in [1.165, 1.54) is 6.33 Å². The molecule has 0 amide bonds. The van der Waals surface area contributed by atoms with Crippen LogP contribution in [0.15, 0.2) is 40.0 Å². The van der Waals surface area contributed by atoms with E-state index >= 15 is 0 Å². The monoisotopic (exact) mass is 420 g/mol. The molecule has 1 aromatic heterocycles. The number of hydrogen-bond acceptors (Lipinski definition) is 3. The van der Waals surface area contributed by atoms with Gasteiger partial charge in [-0.15, -0.1) is 0 Å². The average Bonchev–Trinajstić information content (AvgIpc) is 2.37. The number of benzene rings is 1. The predicted molar refractivity (Wildman–Crippen MR) is 81.0 cm³/mol. The summed E-state index contributed by atoms with van der Waals surface area (Å²) in [7, 11) is 1.62. The molecule has 0 saturated heterocycles. The van der Waals surface area contributed by atoms with E-state index in [1.807, 2.05) is 40.8 Å². The molecule has 1 aromatic carbocycles. The Hall–Kier alpha value is -0.890. The number of nitrogens with zero attached hydrogens (tertiary/aromatic N) is 2. The van der Waals surface area contributed by atoms with Crippen LogP contribution in [0.4, 0.5) is 0 Å². The van der Waals surface area contributed by atoms with Gasteiger partial charge in [0.25, 0.3) is 5.56 Å². The quantitative estimate of drug-likeness (QED) is 0.717. The first kappa shape index (κ1) is 13.5. The first-order valence-electron chi connectivity index (χ1n) is 5.14. The van der Waals surface area contributed by atoms with Crippen LogP contribution in [-0.2, 0) is 6.54 Å². The van der Waals surface area contributed by atoms with Crippen molar-refractivity contribution in [2.24, 2.45) is 0 Å². The SMILES string of the molecule is COc1ccc(Br)c(Cn2cncc(I)c2=O)c1. The zero-order valence-electron chi connectivity index (χ0n) is 9.56. The highest BCUT2D eigenvalue weighted by Gasteiger charge is 2.06. The third-order valence-electron chi connectivity index (χ3n) is 2.45. The Kier molecular flexibility index (Phi) is 4.39. The van der Waals surface area contributed by atoms with Crippen LogP contribution in [0.25, 0.3) is 0 Å². The second kappa shape index (κ2) is 5.83. The van der Waals surface area contributed by atoms with Crippen LogP contribution >= 0.6 is 38.5 Å². The van der Waals surface area contributed by atoms with Gasteiger partial charge in [-0.05, 0) is 46.4 Å². The van der Waals surface area contributed by atoms with Gasteiger partial charge in [-0.25, -0.2) is 4.98 Å². The molecule has 0 aliphatic carbocycles. The third-order valence-corrected chi connectivity index (χ3v) is 3.97. The summed E-state index contributed by atoms with van der Waals surface area (Å²) in [4.78, 5) is 15.9. The van der Waals surface area contributed by atoms with Gasteiger partial charge in [0, 0.05) is 10.7 Å². The molecule has 4 nitrogen and oxygen atoms in total. The van der Waals surface area contributed by atoms with E-state index in [4.69, 9.17) is 4.74 Å². The molecule has 94 valence electrons. The van der Waals surface area contributed by atoms with Crippen molar-refractivity contribution in [3.8, 4) is 5.75 Å². The molecule has 0 N–H and O–H groups in total. The number of aromatic nitrogens is 2. The van der Waals surface area contributed by atoms with E-state index in [9.17, 15) is 4.79 Å². The van der Waals surface area contributed by atoms with E-state index in [2.05, 4.69) is 20.9 Å². The minimum absolute atomic E-state index is 0.0414.